The lowest BCUT2D eigenvalue weighted by Gasteiger charge is -2.04. The van der Waals surface area contributed by atoms with Gasteiger partial charge in [0.05, 0.1) is 0 Å². The third-order valence-corrected chi connectivity index (χ3v) is 2.88. The van der Waals surface area contributed by atoms with Crippen molar-refractivity contribution in [2.24, 2.45) is 0 Å². The summed E-state index contributed by atoms with van der Waals surface area (Å²) in [7, 11) is 0. The normalized spacial score (nSPS) is 10.3. The number of aromatic amines is 1. The molecule has 0 radical (unpaired) electrons. The number of pyridine rings is 1. The highest BCUT2D eigenvalue weighted by atomic mass is 32.2. The summed E-state index contributed by atoms with van der Waals surface area (Å²) < 4.78 is 0. The average Bonchev–Trinajstić information content (AvgIpc) is 2.80. The number of rotatable bonds is 5. The Labute approximate surface area is 98.9 Å². The van der Waals surface area contributed by atoms with Gasteiger partial charge in [-0.25, -0.2) is 9.97 Å². The van der Waals surface area contributed by atoms with Crippen LogP contribution in [0.4, 0.5) is 5.82 Å². The molecule has 0 saturated heterocycles. The lowest BCUT2D eigenvalue weighted by Crippen LogP contribution is -2.01. The molecule has 2 N–H and O–H groups in total. The van der Waals surface area contributed by atoms with Gasteiger partial charge in [-0.2, -0.15) is 0 Å². The van der Waals surface area contributed by atoms with Crippen LogP contribution in [0.2, 0.25) is 0 Å². The molecule has 0 fully saturated rings. The van der Waals surface area contributed by atoms with E-state index < -0.39 is 0 Å². The summed E-state index contributed by atoms with van der Waals surface area (Å²) >= 11 is 1.60. The van der Waals surface area contributed by atoms with Crippen LogP contribution in [0, 0.1) is 0 Å². The van der Waals surface area contributed by atoms with Crippen LogP contribution in [-0.4, -0.2) is 21.5 Å². The summed E-state index contributed by atoms with van der Waals surface area (Å²) in [6.07, 6.45) is 6.47. The molecule has 2 aromatic heterocycles. The summed E-state index contributed by atoms with van der Waals surface area (Å²) in [5, 5.41) is 4.16. The van der Waals surface area contributed by atoms with E-state index in [0.717, 1.165) is 28.8 Å². The Morgan fingerprint density at radius 3 is 3.06 bits per heavy atom. The molecule has 16 heavy (non-hydrogen) atoms. The molecule has 5 heteroatoms. The second kappa shape index (κ2) is 5.55. The van der Waals surface area contributed by atoms with Gasteiger partial charge in [0.1, 0.15) is 5.82 Å². The fraction of sp³-hybridized carbons (Fsp3) is 0.273. The lowest BCUT2D eigenvalue weighted by atomic mass is 10.4. The van der Waals surface area contributed by atoms with Crippen LogP contribution < -0.4 is 5.32 Å². The summed E-state index contributed by atoms with van der Waals surface area (Å²) in [6, 6.07) is 4.01. The van der Waals surface area contributed by atoms with Crippen LogP contribution in [0.1, 0.15) is 13.3 Å². The van der Waals surface area contributed by atoms with Gasteiger partial charge < -0.3 is 10.3 Å². The third-order valence-electron chi connectivity index (χ3n) is 1.98. The third kappa shape index (κ3) is 3.00. The Hall–Kier alpha value is -1.49. The predicted molar refractivity (Wildman–Crippen MR) is 65.7 cm³/mol. The van der Waals surface area contributed by atoms with Crippen LogP contribution in [0.15, 0.2) is 40.8 Å². The zero-order valence-corrected chi connectivity index (χ0v) is 9.92. The van der Waals surface area contributed by atoms with E-state index in [1.807, 2.05) is 24.5 Å². The first-order chi connectivity index (χ1) is 7.88. The molecular weight excluding hydrogens is 220 g/mol. The van der Waals surface area contributed by atoms with Gasteiger partial charge in [0.15, 0.2) is 5.16 Å². The quantitative estimate of drug-likeness (QED) is 0.835. The number of nitrogens with zero attached hydrogens (tertiary/aromatic N) is 2. The molecule has 2 rings (SSSR count). The summed E-state index contributed by atoms with van der Waals surface area (Å²) in [5.41, 5.74) is 0. The minimum Gasteiger partial charge on any atom is -0.370 e. The van der Waals surface area contributed by atoms with Crippen LogP contribution >= 0.6 is 11.8 Å². The summed E-state index contributed by atoms with van der Waals surface area (Å²) in [4.78, 5) is 12.6. The number of H-pyrrole nitrogens is 1. The van der Waals surface area contributed by atoms with Gasteiger partial charge in [-0.1, -0.05) is 18.7 Å². The molecular formula is C11H14N4S. The minimum absolute atomic E-state index is 0.896. The fourth-order valence-corrected chi connectivity index (χ4v) is 2.01. The maximum absolute atomic E-state index is 4.25. The molecule has 84 valence electrons. The van der Waals surface area contributed by atoms with Gasteiger partial charge in [-0.3, -0.25) is 0 Å². The standard InChI is InChI=1S/C11H14N4S/c1-2-4-12-10-8-9(3-5-13-10)16-11-14-6-7-15-11/h3,5-8H,2,4H2,1H3,(H,12,13)(H,14,15). The molecule has 0 aliphatic carbocycles. The van der Waals surface area contributed by atoms with Crippen molar-refractivity contribution in [3.05, 3.63) is 30.7 Å². The van der Waals surface area contributed by atoms with Crippen LogP contribution in [0.5, 0.6) is 0 Å². The van der Waals surface area contributed by atoms with E-state index in [-0.39, 0.29) is 0 Å². The second-order valence-electron chi connectivity index (χ2n) is 3.30. The first kappa shape index (κ1) is 11.0. The highest BCUT2D eigenvalue weighted by Gasteiger charge is 2.00. The van der Waals surface area contributed by atoms with E-state index in [4.69, 9.17) is 0 Å². The zero-order chi connectivity index (χ0) is 11.2. The highest BCUT2D eigenvalue weighted by molar-refractivity contribution is 7.99. The predicted octanol–water partition coefficient (Wildman–Crippen LogP) is 2.78. The summed E-state index contributed by atoms with van der Waals surface area (Å²) in [5.74, 6) is 0.915. The first-order valence-electron chi connectivity index (χ1n) is 5.25. The second-order valence-corrected chi connectivity index (χ2v) is 4.36. The zero-order valence-electron chi connectivity index (χ0n) is 9.10. The molecule has 2 heterocycles. The number of hydrogen-bond acceptors (Lipinski definition) is 4. The number of anilines is 1. The first-order valence-corrected chi connectivity index (χ1v) is 6.07. The molecule has 0 bridgehead atoms. The molecule has 4 nitrogen and oxygen atoms in total. The Kier molecular flexibility index (Phi) is 3.82. The Morgan fingerprint density at radius 1 is 1.38 bits per heavy atom. The maximum atomic E-state index is 4.25. The van der Waals surface area contributed by atoms with Gasteiger partial charge in [0.25, 0.3) is 0 Å². The lowest BCUT2D eigenvalue weighted by molar-refractivity contribution is 0.967. The van der Waals surface area contributed by atoms with E-state index >= 15 is 0 Å². The number of aromatic nitrogens is 3. The Morgan fingerprint density at radius 2 is 2.31 bits per heavy atom. The topological polar surface area (TPSA) is 53.6 Å². The fourth-order valence-electron chi connectivity index (χ4n) is 1.24. The van der Waals surface area contributed by atoms with Gasteiger partial charge in [-0.15, -0.1) is 0 Å². The minimum atomic E-state index is 0.896. The van der Waals surface area contributed by atoms with Gasteiger partial charge in [-0.05, 0) is 18.6 Å². The molecule has 0 amide bonds. The van der Waals surface area contributed by atoms with Crippen molar-refractivity contribution in [1.82, 2.24) is 15.0 Å². The van der Waals surface area contributed by atoms with Crippen LogP contribution in [0.25, 0.3) is 0 Å². The summed E-state index contributed by atoms with van der Waals surface area (Å²) in [6.45, 7) is 3.08. The average molecular weight is 234 g/mol. The van der Waals surface area contributed by atoms with Crippen LogP contribution in [0.3, 0.4) is 0 Å². The number of nitrogens with one attached hydrogen (secondary N) is 2. The molecule has 0 saturated carbocycles. The van der Waals surface area contributed by atoms with Crippen molar-refractivity contribution in [1.29, 1.82) is 0 Å². The molecule has 2 aromatic rings. The van der Waals surface area contributed by atoms with Crippen molar-refractivity contribution in [3.63, 3.8) is 0 Å². The number of hydrogen-bond donors (Lipinski definition) is 2. The Bertz CT molecular complexity index is 427. The van der Waals surface area contributed by atoms with Gasteiger partial charge in [0.2, 0.25) is 0 Å². The van der Waals surface area contributed by atoms with Crippen molar-refractivity contribution in [3.8, 4) is 0 Å². The highest BCUT2D eigenvalue weighted by Crippen LogP contribution is 2.25. The maximum Gasteiger partial charge on any atom is 0.170 e. The van der Waals surface area contributed by atoms with Crippen molar-refractivity contribution in [2.45, 2.75) is 23.4 Å². The molecule has 0 aromatic carbocycles. The van der Waals surface area contributed by atoms with E-state index in [1.54, 1.807) is 18.0 Å². The van der Waals surface area contributed by atoms with Crippen molar-refractivity contribution < 1.29 is 0 Å². The van der Waals surface area contributed by atoms with Gasteiger partial charge in [0, 0.05) is 30.0 Å². The van der Waals surface area contributed by atoms with Crippen LogP contribution in [-0.2, 0) is 0 Å². The molecule has 0 aliphatic rings. The largest absolute Gasteiger partial charge is 0.370 e. The molecule has 0 spiro atoms. The molecule has 0 atom stereocenters. The van der Waals surface area contributed by atoms with Crippen molar-refractivity contribution >= 4 is 17.6 Å². The van der Waals surface area contributed by atoms with Crippen molar-refractivity contribution in [2.75, 3.05) is 11.9 Å². The van der Waals surface area contributed by atoms with E-state index in [2.05, 4.69) is 27.2 Å². The molecule has 0 aliphatic heterocycles. The van der Waals surface area contributed by atoms with E-state index in [1.165, 1.54) is 0 Å². The SMILES string of the molecule is CCCNc1cc(Sc2ncc[nH]2)ccn1. The molecule has 0 unspecified atom stereocenters. The smallest absolute Gasteiger partial charge is 0.170 e. The monoisotopic (exact) mass is 234 g/mol. The van der Waals surface area contributed by atoms with Gasteiger partial charge >= 0.3 is 0 Å². The van der Waals surface area contributed by atoms with E-state index in [9.17, 15) is 0 Å². The Balaban J connectivity index is 2.04. The number of imidazole rings is 1. The van der Waals surface area contributed by atoms with E-state index in [0.29, 0.717) is 0 Å².